The van der Waals surface area contributed by atoms with E-state index in [0.717, 1.165) is 52.7 Å². The Hall–Kier alpha value is -3.77. The largest absolute Gasteiger partial charge is 0.496 e. The molecule has 4 rings (SSSR count). The zero-order chi connectivity index (χ0) is 28.2. The van der Waals surface area contributed by atoms with Gasteiger partial charge in [0.05, 0.1) is 7.11 Å². The van der Waals surface area contributed by atoms with Crippen molar-refractivity contribution in [3.63, 3.8) is 0 Å². The van der Waals surface area contributed by atoms with Crippen LogP contribution >= 0.6 is 0 Å². The van der Waals surface area contributed by atoms with E-state index in [1.807, 2.05) is 42.5 Å². The lowest BCUT2D eigenvalue weighted by molar-refractivity contribution is -0.131. The van der Waals surface area contributed by atoms with Crippen LogP contribution in [0.3, 0.4) is 0 Å². The minimum atomic E-state index is -0.993. The Morgan fingerprint density at radius 1 is 0.846 bits per heavy atom. The van der Waals surface area contributed by atoms with Crippen molar-refractivity contribution in [1.82, 2.24) is 0 Å². The van der Waals surface area contributed by atoms with Gasteiger partial charge >= 0.3 is 5.97 Å². The van der Waals surface area contributed by atoms with Crippen LogP contribution < -0.4 is 14.2 Å². The van der Waals surface area contributed by atoms with E-state index in [1.165, 1.54) is 11.1 Å². The van der Waals surface area contributed by atoms with Crippen molar-refractivity contribution < 1.29 is 28.8 Å². The maximum atomic E-state index is 11.1. The monoisotopic (exact) mass is 530 g/mol. The zero-order valence-corrected chi connectivity index (χ0v) is 23.7. The molecule has 0 bridgehead atoms. The lowest BCUT2D eigenvalue weighted by atomic mass is 9.62. The standard InChI is InChI=1S/C33H38O6/c1-32(2)15-16-33(3,4)28-19-30(38-20-23-7-11-24(12-8-23)39-21-36-5)26(18-27(28)32)25-17-22(10-14-31(34)35)9-13-29(25)37-6/h7-14,17-19H,15-16,20-21H2,1-6H3,(H,34,35)/b14-10+. The van der Waals surface area contributed by atoms with Gasteiger partial charge < -0.3 is 24.1 Å². The van der Waals surface area contributed by atoms with Gasteiger partial charge in [0.25, 0.3) is 0 Å². The number of methoxy groups -OCH3 is 2. The molecule has 3 aromatic carbocycles. The van der Waals surface area contributed by atoms with Gasteiger partial charge in [-0.2, -0.15) is 0 Å². The topological polar surface area (TPSA) is 74.2 Å². The highest BCUT2D eigenvalue weighted by atomic mass is 16.7. The fourth-order valence-corrected chi connectivity index (χ4v) is 5.10. The van der Waals surface area contributed by atoms with Crippen LogP contribution in [0.15, 0.2) is 60.7 Å². The minimum absolute atomic E-state index is 0.00419. The number of rotatable bonds is 10. The van der Waals surface area contributed by atoms with Crippen LogP contribution in [0.2, 0.25) is 0 Å². The Morgan fingerprint density at radius 3 is 2.10 bits per heavy atom. The summed E-state index contributed by atoms with van der Waals surface area (Å²) in [5.74, 6) is 1.19. The lowest BCUT2D eigenvalue weighted by Gasteiger charge is -2.42. The Kier molecular flexibility index (Phi) is 8.36. The fraction of sp³-hybridized carbons (Fsp3) is 0.364. The number of carboxylic acid groups (broad SMARTS) is 1. The summed E-state index contributed by atoms with van der Waals surface area (Å²) in [6, 6.07) is 17.9. The molecule has 206 valence electrons. The number of hydrogen-bond acceptors (Lipinski definition) is 5. The Bertz CT molecular complexity index is 1350. The molecule has 0 heterocycles. The van der Waals surface area contributed by atoms with Crippen LogP contribution in [0.1, 0.15) is 62.8 Å². The van der Waals surface area contributed by atoms with Crippen LogP contribution in [0.4, 0.5) is 0 Å². The molecule has 0 unspecified atom stereocenters. The molecule has 39 heavy (non-hydrogen) atoms. The van der Waals surface area contributed by atoms with Gasteiger partial charge in [0.15, 0.2) is 6.79 Å². The Morgan fingerprint density at radius 2 is 1.49 bits per heavy atom. The van der Waals surface area contributed by atoms with E-state index in [0.29, 0.717) is 12.4 Å². The number of hydrogen-bond donors (Lipinski definition) is 1. The van der Waals surface area contributed by atoms with Crippen LogP contribution in [-0.4, -0.2) is 32.1 Å². The van der Waals surface area contributed by atoms with E-state index in [-0.39, 0.29) is 17.6 Å². The first-order chi connectivity index (χ1) is 18.5. The number of benzene rings is 3. The zero-order valence-electron chi connectivity index (χ0n) is 23.7. The number of carbonyl (C=O) groups is 1. The van der Waals surface area contributed by atoms with Crippen molar-refractivity contribution in [2.24, 2.45) is 0 Å². The van der Waals surface area contributed by atoms with E-state index in [4.69, 9.17) is 24.1 Å². The van der Waals surface area contributed by atoms with Crippen molar-refractivity contribution in [2.45, 2.75) is 58.0 Å². The first kappa shape index (κ1) is 28.2. The van der Waals surface area contributed by atoms with Crippen LogP contribution in [-0.2, 0) is 27.0 Å². The Labute approximate surface area is 231 Å². The predicted molar refractivity (Wildman–Crippen MR) is 154 cm³/mol. The molecule has 0 saturated heterocycles. The molecule has 0 radical (unpaired) electrons. The summed E-state index contributed by atoms with van der Waals surface area (Å²) in [5.41, 5.74) is 6.15. The van der Waals surface area contributed by atoms with Crippen LogP contribution in [0, 0.1) is 0 Å². The molecule has 0 spiro atoms. The molecule has 1 N–H and O–H groups in total. The minimum Gasteiger partial charge on any atom is -0.496 e. The first-order valence-corrected chi connectivity index (χ1v) is 13.2. The molecule has 1 aliphatic rings. The summed E-state index contributed by atoms with van der Waals surface area (Å²) in [4.78, 5) is 11.1. The fourth-order valence-electron chi connectivity index (χ4n) is 5.10. The van der Waals surface area contributed by atoms with Gasteiger partial charge in [0.1, 0.15) is 23.9 Å². The van der Waals surface area contributed by atoms with Gasteiger partial charge in [-0.25, -0.2) is 4.79 Å². The van der Waals surface area contributed by atoms with Gasteiger partial charge in [0, 0.05) is 24.3 Å². The molecule has 6 nitrogen and oxygen atoms in total. The van der Waals surface area contributed by atoms with Gasteiger partial charge in [-0.3, -0.25) is 0 Å². The van der Waals surface area contributed by atoms with E-state index < -0.39 is 5.97 Å². The predicted octanol–water partition coefficient (Wildman–Crippen LogP) is 7.37. The quantitative estimate of drug-likeness (QED) is 0.218. The lowest BCUT2D eigenvalue weighted by Crippen LogP contribution is -2.33. The number of aliphatic carboxylic acids is 1. The van der Waals surface area contributed by atoms with E-state index >= 15 is 0 Å². The van der Waals surface area contributed by atoms with E-state index in [2.05, 4.69) is 39.8 Å². The average molecular weight is 531 g/mol. The molecule has 0 fully saturated rings. The maximum Gasteiger partial charge on any atom is 0.328 e. The molecule has 1 aliphatic carbocycles. The van der Waals surface area contributed by atoms with Crippen molar-refractivity contribution in [3.8, 4) is 28.4 Å². The molecule has 0 aliphatic heterocycles. The van der Waals surface area contributed by atoms with E-state index in [1.54, 1.807) is 20.3 Å². The Balaban J connectivity index is 1.81. The smallest absolute Gasteiger partial charge is 0.328 e. The molecule has 6 heteroatoms. The van der Waals surface area contributed by atoms with Gasteiger partial charge in [-0.15, -0.1) is 0 Å². The SMILES string of the molecule is COCOc1ccc(COc2cc3c(cc2-c2cc(/C=C/C(=O)O)ccc2OC)C(C)(C)CCC3(C)C)cc1. The average Bonchev–Trinajstić information content (AvgIpc) is 2.92. The van der Waals surface area contributed by atoms with Crippen molar-refractivity contribution in [1.29, 1.82) is 0 Å². The number of ether oxygens (including phenoxy) is 4. The first-order valence-electron chi connectivity index (χ1n) is 13.2. The van der Waals surface area contributed by atoms with Crippen molar-refractivity contribution in [2.75, 3.05) is 21.0 Å². The summed E-state index contributed by atoms with van der Waals surface area (Å²) in [5, 5.41) is 9.14. The molecule has 0 amide bonds. The third kappa shape index (κ3) is 6.45. The molecular formula is C33H38O6. The second kappa shape index (κ2) is 11.5. The summed E-state index contributed by atoms with van der Waals surface area (Å²) in [6.45, 7) is 9.75. The summed E-state index contributed by atoms with van der Waals surface area (Å²) in [6.07, 6.45) is 4.90. The maximum absolute atomic E-state index is 11.1. The van der Waals surface area contributed by atoms with Gasteiger partial charge in [-0.05, 0) is 88.4 Å². The second-order valence-electron chi connectivity index (χ2n) is 11.3. The summed E-state index contributed by atoms with van der Waals surface area (Å²) < 4.78 is 22.8. The highest BCUT2D eigenvalue weighted by Gasteiger charge is 2.38. The van der Waals surface area contributed by atoms with Crippen LogP contribution in [0.25, 0.3) is 17.2 Å². The highest BCUT2D eigenvalue weighted by molar-refractivity contribution is 5.86. The number of fused-ring (bicyclic) bond motifs is 1. The molecule has 3 aromatic rings. The van der Waals surface area contributed by atoms with Crippen LogP contribution in [0.5, 0.6) is 17.2 Å². The summed E-state index contributed by atoms with van der Waals surface area (Å²) >= 11 is 0. The highest BCUT2D eigenvalue weighted by Crippen LogP contribution is 2.50. The molecule has 0 atom stereocenters. The van der Waals surface area contributed by atoms with E-state index in [9.17, 15) is 4.79 Å². The summed E-state index contributed by atoms with van der Waals surface area (Å²) in [7, 11) is 3.23. The van der Waals surface area contributed by atoms with Gasteiger partial charge in [-0.1, -0.05) is 45.9 Å². The van der Waals surface area contributed by atoms with Gasteiger partial charge in [0.2, 0.25) is 0 Å². The second-order valence-corrected chi connectivity index (χ2v) is 11.3. The number of carboxylic acids is 1. The molecule has 0 aromatic heterocycles. The van der Waals surface area contributed by atoms with Crippen molar-refractivity contribution >= 4 is 12.0 Å². The van der Waals surface area contributed by atoms with Crippen molar-refractivity contribution in [3.05, 3.63) is 82.9 Å². The third-order valence-corrected chi connectivity index (χ3v) is 7.55. The third-order valence-electron chi connectivity index (χ3n) is 7.55. The molecular weight excluding hydrogens is 492 g/mol. The molecule has 0 saturated carbocycles. The normalized spacial score (nSPS) is 15.5.